The molecular formula is C15H26N4O. The van der Waals surface area contributed by atoms with Gasteiger partial charge in [-0.2, -0.15) is 0 Å². The zero-order chi connectivity index (χ0) is 14.8. The SMILES string of the molecule is CCCNc1cccc(NCCC(=O)N(CC)CC)n1. The van der Waals surface area contributed by atoms with Crippen LogP contribution in [0.1, 0.15) is 33.6 Å². The summed E-state index contributed by atoms with van der Waals surface area (Å²) >= 11 is 0. The summed E-state index contributed by atoms with van der Waals surface area (Å²) in [6.45, 7) is 9.18. The van der Waals surface area contributed by atoms with Crippen molar-refractivity contribution in [2.24, 2.45) is 0 Å². The van der Waals surface area contributed by atoms with Crippen molar-refractivity contribution in [1.82, 2.24) is 9.88 Å². The summed E-state index contributed by atoms with van der Waals surface area (Å²) in [5.41, 5.74) is 0. The van der Waals surface area contributed by atoms with Crippen LogP contribution < -0.4 is 10.6 Å². The second-order valence-electron chi connectivity index (χ2n) is 4.58. The Morgan fingerprint density at radius 1 is 1.10 bits per heavy atom. The van der Waals surface area contributed by atoms with Crippen molar-refractivity contribution < 1.29 is 4.79 Å². The van der Waals surface area contributed by atoms with Gasteiger partial charge in [0.05, 0.1) is 0 Å². The van der Waals surface area contributed by atoms with Crippen molar-refractivity contribution in [3.05, 3.63) is 18.2 Å². The van der Waals surface area contributed by atoms with Crippen LogP contribution >= 0.6 is 0 Å². The Bertz CT molecular complexity index is 405. The molecule has 0 radical (unpaired) electrons. The topological polar surface area (TPSA) is 57.3 Å². The van der Waals surface area contributed by atoms with Crippen LogP contribution in [0.5, 0.6) is 0 Å². The zero-order valence-corrected chi connectivity index (χ0v) is 12.8. The fourth-order valence-electron chi connectivity index (χ4n) is 1.92. The van der Waals surface area contributed by atoms with Crippen LogP contribution in [-0.2, 0) is 4.79 Å². The van der Waals surface area contributed by atoms with E-state index in [0.29, 0.717) is 13.0 Å². The first-order valence-corrected chi connectivity index (χ1v) is 7.43. The molecule has 5 nitrogen and oxygen atoms in total. The minimum Gasteiger partial charge on any atom is -0.370 e. The van der Waals surface area contributed by atoms with Gasteiger partial charge >= 0.3 is 0 Å². The number of aromatic nitrogens is 1. The molecule has 0 aliphatic carbocycles. The van der Waals surface area contributed by atoms with Gasteiger partial charge in [0.15, 0.2) is 0 Å². The van der Waals surface area contributed by atoms with Crippen molar-refractivity contribution in [2.75, 3.05) is 36.8 Å². The molecule has 1 aromatic rings. The summed E-state index contributed by atoms with van der Waals surface area (Å²) in [6.07, 6.45) is 1.56. The third-order valence-electron chi connectivity index (χ3n) is 3.07. The van der Waals surface area contributed by atoms with E-state index in [0.717, 1.165) is 37.7 Å². The van der Waals surface area contributed by atoms with Gasteiger partial charge in [-0.15, -0.1) is 0 Å². The molecule has 0 spiro atoms. The van der Waals surface area contributed by atoms with Crippen LogP contribution in [0.15, 0.2) is 18.2 Å². The van der Waals surface area contributed by atoms with E-state index in [-0.39, 0.29) is 5.91 Å². The first kappa shape index (κ1) is 16.3. The number of rotatable bonds is 9. The summed E-state index contributed by atoms with van der Waals surface area (Å²) in [7, 11) is 0. The van der Waals surface area contributed by atoms with Crippen molar-refractivity contribution >= 4 is 17.5 Å². The lowest BCUT2D eigenvalue weighted by Crippen LogP contribution is -2.31. The van der Waals surface area contributed by atoms with Crippen LogP contribution in [0.25, 0.3) is 0 Å². The zero-order valence-electron chi connectivity index (χ0n) is 12.8. The van der Waals surface area contributed by atoms with Gasteiger partial charge in [0.1, 0.15) is 11.6 Å². The van der Waals surface area contributed by atoms with Crippen LogP contribution in [0.3, 0.4) is 0 Å². The maximum Gasteiger partial charge on any atom is 0.224 e. The number of pyridine rings is 1. The predicted octanol–water partition coefficient (Wildman–Crippen LogP) is 2.57. The highest BCUT2D eigenvalue weighted by atomic mass is 16.2. The monoisotopic (exact) mass is 278 g/mol. The Morgan fingerprint density at radius 2 is 1.70 bits per heavy atom. The summed E-state index contributed by atoms with van der Waals surface area (Å²) < 4.78 is 0. The molecule has 5 heteroatoms. The van der Waals surface area contributed by atoms with E-state index in [9.17, 15) is 4.79 Å². The fraction of sp³-hybridized carbons (Fsp3) is 0.600. The van der Waals surface area contributed by atoms with Crippen LogP contribution in [0.2, 0.25) is 0 Å². The lowest BCUT2D eigenvalue weighted by molar-refractivity contribution is -0.130. The molecular weight excluding hydrogens is 252 g/mol. The van der Waals surface area contributed by atoms with Gasteiger partial charge in [-0.1, -0.05) is 13.0 Å². The lowest BCUT2D eigenvalue weighted by Gasteiger charge is -2.18. The highest BCUT2D eigenvalue weighted by Crippen LogP contribution is 2.09. The van der Waals surface area contributed by atoms with E-state index in [1.165, 1.54) is 0 Å². The van der Waals surface area contributed by atoms with Crippen LogP contribution in [-0.4, -0.2) is 42.0 Å². The second kappa shape index (κ2) is 9.18. The van der Waals surface area contributed by atoms with Gasteiger partial charge in [0, 0.05) is 32.6 Å². The van der Waals surface area contributed by atoms with Crippen molar-refractivity contribution in [3.63, 3.8) is 0 Å². The Labute approximate surface area is 121 Å². The quantitative estimate of drug-likeness (QED) is 0.729. The Morgan fingerprint density at radius 3 is 2.25 bits per heavy atom. The molecule has 20 heavy (non-hydrogen) atoms. The molecule has 112 valence electrons. The molecule has 0 aliphatic rings. The standard InChI is InChI=1S/C15H26N4O/c1-4-11-16-13-8-7-9-14(18-13)17-12-10-15(20)19(5-2)6-3/h7-9H,4-6,10-12H2,1-3H3,(H2,16,17,18). The second-order valence-corrected chi connectivity index (χ2v) is 4.58. The smallest absolute Gasteiger partial charge is 0.224 e. The summed E-state index contributed by atoms with van der Waals surface area (Å²) in [4.78, 5) is 18.1. The fourth-order valence-corrected chi connectivity index (χ4v) is 1.92. The normalized spacial score (nSPS) is 10.2. The Kier molecular flexibility index (Phi) is 7.47. The number of nitrogens with zero attached hydrogens (tertiary/aromatic N) is 2. The minimum atomic E-state index is 0.183. The van der Waals surface area contributed by atoms with Gasteiger partial charge in [-0.05, 0) is 32.4 Å². The Hall–Kier alpha value is -1.78. The van der Waals surface area contributed by atoms with Crippen molar-refractivity contribution in [1.29, 1.82) is 0 Å². The predicted molar refractivity (Wildman–Crippen MR) is 84.1 cm³/mol. The maximum atomic E-state index is 11.9. The summed E-state index contributed by atoms with van der Waals surface area (Å²) in [6, 6.07) is 5.82. The van der Waals surface area contributed by atoms with Gasteiger partial charge in [0.2, 0.25) is 5.91 Å². The van der Waals surface area contributed by atoms with E-state index in [2.05, 4.69) is 22.5 Å². The molecule has 0 saturated carbocycles. The van der Waals surface area contributed by atoms with Crippen molar-refractivity contribution in [2.45, 2.75) is 33.6 Å². The van der Waals surface area contributed by atoms with E-state index in [1.807, 2.05) is 36.9 Å². The molecule has 1 rings (SSSR count). The maximum absolute atomic E-state index is 11.9. The average molecular weight is 278 g/mol. The highest BCUT2D eigenvalue weighted by molar-refractivity contribution is 5.76. The largest absolute Gasteiger partial charge is 0.370 e. The molecule has 0 saturated heterocycles. The molecule has 0 bridgehead atoms. The lowest BCUT2D eigenvalue weighted by atomic mass is 10.3. The molecule has 0 aromatic carbocycles. The number of amides is 1. The average Bonchev–Trinajstić information content (AvgIpc) is 2.47. The molecule has 0 atom stereocenters. The number of carbonyl (C=O) groups is 1. The molecule has 0 unspecified atom stereocenters. The molecule has 2 N–H and O–H groups in total. The van der Waals surface area contributed by atoms with Gasteiger partial charge < -0.3 is 15.5 Å². The van der Waals surface area contributed by atoms with Crippen molar-refractivity contribution in [3.8, 4) is 0 Å². The number of hydrogen-bond donors (Lipinski definition) is 2. The van der Waals surface area contributed by atoms with Crippen LogP contribution in [0, 0.1) is 0 Å². The third-order valence-corrected chi connectivity index (χ3v) is 3.07. The number of carbonyl (C=O) groups excluding carboxylic acids is 1. The first-order valence-electron chi connectivity index (χ1n) is 7.43. The van der Waals surface area contributed by atoms with E-state index >= 15 is 0 Å². The summed E-state index contributed by atoms with van der Waals surface area (Å²) in [5, 5.41) is 6.44. The van der Waals surface area contributed by atoms with Crippen LogP contribution in [0.4, 0.5) is 11.6 Å². The van der Waals surface area contributed by atoms with E-state index in [4.69, 9.17) is 0 Å². The summed E-state index contributed by atoms with van der Waals surface area (Å²) in [5.74, 6) is 1.85. The van der Waals surface area contributed by atoms with Gasteiger partial charge in [-0.3, -0.25) is 4.79 Å². The molecule has 0 aliphatic heterocycles. The highest BCUT2D eigenvalue weighted by Gasteiger charge is 2.08. The molecule has 1 heterocycles. The Balaban J connectivity index is 2.39. The molecule has 1 aromatic heterocycles. The minimum absolute atomic E-state index is 0.183. The molecule has 0 fully saturated rings. The number of anilines is 2. The van der Waals surface area contributed by atoms with Gasteiger partial charge in [-0.25, -0.2) is 4.98 Å². The number of nitrogens with one attached hydrogen (secondary N) is 2. The third kappa shape index (κ3) is 5.47. The number of hydrogen-bond acceptors (Lipinski definition) is 4. The van der Waals surface area contributed by atoms with Gasteiger partial charge in [0.25, 0.3) is 0 Å². The van der Waals surface area contributed by atoms with E-state index < -0.39 is 0 Å². The van der Waals surface area contributed by atoms with E-state index in [1.54, 1.807) is 0 Å². The molecule has 1 amide bonds. The first-order chi connectivity index (χ1) is 9.71.